The lowest BCUT2D eigenvalue weighted by atomic mass is 9.95. The van der Waals surface area contributed by atoms with Crippen LogP contribution in [0.25, 0.3) is 5.57 Å². The van der Waals surface area contributed by atoms with Crippen LogP contribution in [0.2, 0.25) is 0 Å². The fraction of sp³-hybridized carbons (Fsp3) is 0.133. The Balaban J connectivity index is 3.00. The lowest BCUT2D eigenvalue weighted by molar-refractivity contribution is -0.162. The van der Waals surface area contributed by atoms with E-state index in [4.69, 9.17) is 10.5 Å². The van der Waals surface area contributed by atoms with E-state index in [-0.39, 0.29) is 17.7 Å². The minimum Gasteiger partial charge on any atom is -0.289 e. The third-order valence-electron chi connectivity index (χ3n) is 3.38. The number of hydrogen-bond acceptors (Lipinski definition) is 3. The van der Waals surface area contributed by atoms with Crippen molar-refractivity contribution in [3.8, 4) is 12.1 Å². The smallest absolute Gasteiger partial charge is 0.289 e. The summed E-state index contributed by atoms with van der Waals surface area (Å²) in [4.78, 5) is 12.2. The number of halogens is 7. The van der Waals surface area contributed by atoms with Crippen molar-refractivity contribution >= 4 is 33.9 Å². The number of fused-ring (bicyclic) bond motifs is 1. The number of benzene rings is 1. The molecule has 0 saturated carbocycles. The molecular weight excluding hydrogens is 465 g/mol. The van der Waals surface area contributed by atoms with Gasteiger partial charge in [-0.1, -0.05) is 22.6 Å². The molecule has 3 nitrogen and oxygen atoms in total. The van der Waals surface area contributed by atoms with Gasteiger partial charge in [0.2, 0.25) is 0 Å². The van der Waals surface area contributed by atoms with E-state index >= 15 is 0 Å². The van der Waals surface area contributed by atoms with E-state index in [1.165, 1.54) is 12.1 Å². The van der Waals surface area contributed by atoms with Crippen molar-refractivity contribution in [3.05, 3.63) is 49.6 Å². The summed E-state index contributed by atoms with van der Waals surface area (Å²) in [6.07, 6.45) is -10.7. The Hall–Kier alpha value is -2.34. The predicted octanol–water partition coefficient (Wildman–Crippen LogP) is 5.04. The summed E-state index contributed by atoms with van der Waals surface area (Å²) in [6, 6.07) is 3.15. The zero-order chi connectivity index (χ0) is 19.2. The average molecular weight is 468 g/mol. The molecule has 0 fully saturated rings. The molecule has 0 spiro atoms. The Kier molecular flexibility index (Phi) is 4.70. The highest BCUT2D eigenvalue weighted by Crippen LogP contribution is 2.47. The maximum Gasteiger partial charge on any atom is 0.417 e. The van der Waals surface area contributed by atoms with Gasteiger partial charge in [0.05, 0.1) is 11.1 Å². The SMILES string of the molecule is N#CC(C#N)=C1/C(=C\I)C(=O)c2cc(C(F)(F)F)c(C(F)(F)F)cc21. The second-order valence-electron chi connectivity index (χ2n) is 4.76. The summed E-state index contributed by atoms with van der Waals surface area (Å²) in [5.41, 5.74) is -6.53. The van der Waals surface area contributed by atoms with Crippen LogP contribution >= 0.6 is 22.6 Å². The Morgan fingerprint density at radius 2 is 1.40 bits per heavy atom. The number of rotatable bonds is 0. The van der Waals surface area contributed by atoms with Gasteiger partial charge in [0.25, 0.3) is 0 Å². The van der Waals surface area contributed by atoms with Crippen molar-refractivity contribution in [1.29, 1.82) is 10.5 Å². The highest BCUT2D eigenvalue weighted by molar-refractivity contribution is 14.1. The first-order valence-corrected chi connectivity index (χ1v) is 7.44. The van der Waals surface area contributed by atoms with Gasteiger partial charge in [-0.3, -0.25) is 4.79 Å². The van der Waals surface area contributed by atoms with Crippen LogP contribution in [-0.4, -0.2) is 5.78 Å². The first kappa shape index (κ1) is 19.0. The predicted molar refractivity (Wildman–Crippen MR) is 81.0 cm³/mol. The topological polar surface area (TPSA) is 64.7 Å². The number of carbonyl (C=O) groups is 1. The molecule has 0 unspecified atom stereocenters. The highest BCUT2D eigenvalue weighted by Gasteiger charge is 2.46. The van der Waals surface area contributed by atoms with E-state index in [9.17, 15) is 31.1 Å². The van der Waals surface area contributed by atoms with E-state index in [1.807, 2.05) is 0 Å². The van der Waals surface area contributed by atoms with Gasteiger partial charge in [0, 0.05) is 16.7 Å². The Labute approximate surface area is 150 Å². The number of alkyl halides is 6. The first-order valence-electron chi connectivity index (χ1n) is 6.20. The number of ketones is 1. The van der Waals surface area contributed by atoms with Crippen molar-refractivity contribution in [2.24, 2.45) is 0 Å². The molecule has 0 saturated heterocycles. The summed E-state index contributed by atoms with van der Waals surface area (Å²) in [5.74, 6) is -0.985. The zero-order valence-corrected chi connectivity index (χ0v) is 13.8. The highest BCUT2D eigenvalue weighted by atomic mass is 127. The van der Waals surface area contributed by atoms with Crippen molar-refractivity contribution in [2.75, 3.05) is 0 Å². The fourth-order valence-corrected chi connectivity index (χ4v) is 2.97. The minimum absolute atomic E-state index is 0.111. The van der Waals surface area contributed by atoms with Crippen molar-refractivity contribution in [3.63, 3.8) is 0 Å². The van der Waals surface area contributed by atoms with E-state index in [1.54, 1.807) is 22.6 Å². The quantitative estimate of drug-likeness (QED) is 0.232. The van der Waals surface area contributed by atoms with Crippen LogP contribution in [0.4, 0.5) is 26.3 Å². The van der Waals surface area contributed by atoms with Crippen molar-refractivity contribution in [1.82, 2.24) is 0 Å². The first-order chi connectivity index (χ1) is 11.5. The molecule has 1 aliphatic rings. The Morgan fingerprint density at radius 3 is 1.76 bits per heavy atom. The maximum absolute atomic E-state index is 13.1. The van der Waals surface area contributed by atoms with Gasteiger partial charge in [-0.15, -0.1) is 0 Å². The van der Waals surface area contributed by atoms with E-state index in [0.29, 0.717) is 0 Å². The number of carbonyl (C=O) groups excluding carboxylic acids is 1. The van der Waals surface area contributed by atoms with Gasteiger partial charge in [-0.25, -0.2) is 0 Å². The Morgan fingerprint density at radius 1 is 0.960 bits per heavy atom. The molecule has 0 heterocycles. The summed E-state index contributed by atoms with van der Waals surface area (Å²) in [7, 11) is 0. The molecule has 0 aromatic heterocycles. The van der Waals surface area contributed by atoms with Crippen molar-refractivity contribution < 1.29 is 31.1 Å². The number of nitriles is 2. The van der Waals surface area contributed by atoms with Gasteiger partial charge >= 0.3 is 12.4 Å². The maximum atomic E-state index is 13.1. The molecule has 2 rings (SSSR count). The summed E-state index contributed by atoms with van der Waals surface area (Å²) in [5, 5.41) is 17.9. The van der Waals surface area contributed by atoms with Crippen LogP contribution in [0.3, 0.4) is 0 Å². The second-order valence-corrected chi connectivity index (χ2v) is 5.39. The molecule has 0 bridgehead atoms. The molecule has 1 aromatic rings. The Bertz CT molecular complexity index is 910. The molecular formula is C15H3F6IN2O. The largest absolute Gasteiger partial charge is 0.417 e. The molecule has 0 radical (unpaired) electrons. The minimum atomic E-state index is -5.34. The van der Waals surface area contributed by atoms with Crippen LogP contribution in [0.15, 0.2) is 27.4 Å². The normalized spacial score (nSPS) is 15.8. The average Bonchev–Trinajstić information content (AvgIpc) is 2.78. The second kappa shape index (κ2) is 6.19. The van der Waals surface area contributed by atoms with Crippen molar-refractivity contribution in [2.45, 2.75) is 12.4 Å². The van der Waals surface area contributed by atoms with Crippen LogP contribution in [-0.2, 0) is 12.4 Å². The lowest BCUT2D eigenvalue weighted by Gasteiger charge is -2.17. The van der Waals surface area contributed by atoms with Crippen LogP contribution in [0.5, 0.6) is 0 Å². The third kappa shape index (κ3) is 3.14. The van der Waals surface area contributed by atoms with Gasteiger partial charge in [0.1, 0.15) is 17.7 Å². The molecule has 25 heavy (non-hydrogen) atoms. The van der Waals surface area contributed by atoms with Gasteiger partial charge < -0.3 is 0 Å². The summed E-state index contributed by atoms with van der Waals surface area (Å²) < 4.78 is 79.3. The van der Waals surface area contributed by atoms with E-state index < -0.39 is 51.5 Å². The molecule has 1 aliphatic carbocycles. The molecule has 0 atom stereocenters. The summed E-state index contributed by atoms with van der Waals surface area (Å²) in [6.45, 7) is 0. The van der Waals surface area contributed by atoms with E-state index in [2.05, 4.69) is 0 Å². The number of Topliss-reactive ketones (excluding diaryl/α,β-unsaturated/α-hetero) is 1. The molecule has 0 amide bonds. The van der Waals surface area contributed by atoms with Gasteiger partial charge in [0.15, 0.2) is 5.78 Å². The van der Waals surface area contributed by atoms with Gasteiger partial charge in [-0.05, 0) is 21.8 Å². The molecule has 0 N–H and O–H groups in total. The monoisotopic (exact) mass is 468 g/mol. The molecule has 1 aromatic carbocycles. The molecule has 128 valence electrons. The molecule has 0 aliphatic heterocycles. The number of allylic oxidation sites excluding steroid dienone is 3. The number of hydrogen-bond donors (Lipinski definition) is 0. The fourth-order valence-electron chi connectivity index (χ4n) is 2.38. The van der Waals surface area contributed by atoms with Crippen LogP contribution in [0.1, 0.15) is 27.0 Å². The summed E-state index contributed by atoms with van der Waals surface area (Å²) >= 11 is 1.55. The molecule has 10 heteroatoms. The van der Waals surface area contributed by atoms with Crippen LogP contribution in [0, 0.1) is 22.7 Å². The number of nitrogens with zero attached hydrogens (tertiary/aromatic N) is 2. The third-order valence-corrected chi connectivity index (χ3v) is 4.00. The lowest BCUT2D eigenvalue weighted by Crippen LogP contribution is -2.17. The van der Waals surface area contributed by atoms with E-state index in [0.717, 1.165) is 4.08 Å². The zero-order valence-electron chi connectivity index (χ0n) is 11.7. The standard InChI is InChI=1S/C15H3F6IN2O/c16-14(17,18)10-1-7-8(2-11(10)15(19,20)21)13(25)9(3-22)12(7)6(4-23)5-24/h1-3H/b9-3+. The van der Waals surface area contributed by atoms with Crippen LogP contribution < -0.4 is 0 Å². The van der Waals surface area contributed by atoms with Gasteiger partial charge in [-0.2, -0.15) is 36.9 Å².